The third-order valence-electron chi connectivity index (χ3n) is 4.29. The zero-order chi connectivity index (χ0) is 20.2. The summed E-state index contributed by atoms with van der Waals surface area (Å²) in [7, 11) is -3.84. The van der Waals surface area contributed by atoms with E-state index in [0.717, 1.165) is 12.0 Å². The van der Waals surface area contributed by atoms with Crippen molar-refractivity contribution in [2.45, 2.75) is 30.8 Å². The molecule has 0 amide bonds. The monoisotopic (exact) mass is 421 g/mol. The average molecular weight is 422 g/mol. The molecule has 0 saturated heterocycles. The quantitative estimate of drug-likeness (QED) is 0.551. The first-order valence-electron chi connectivity index (χ1n) is 8.90. The smallest absolute Gasteiger partial charge is 0.240 e. The molecule has 2 aromatic heterocycles. The van der Waals surface area contributed by atoms with Crippen molar-refractivity contribution >= 4 is 21.4 Å². The second-order valence-corrected chi connectivity index (χ2v) is 9.13. The van der Waals surface area contributed by atoms with Crippen LogP contribution in [0.3, 0.4) is 0 Å². The maximum atomic E-state index is 12.8. The van der Waals surface area contributed by atoms with E-state index in [1.807, 2.05) is 12.3 Å². The summed E-state index contributed by atoms with van der Waals surface area (Å²) in [6, 6.07) is 11.5. The fourth-order valence-electron chi connectivity index (χ4n) is 2.77. The van der Waals surface area contributed by atoms with Gasteiger partial charge < -0.3 is 14.3 Å². The van der Waals surface area contributed by atoms with Gasteiger partial charge in [-0.05, 0) is 60.7 Å². The molecule has 2 N–H and O–H groups in total. The molecule has 0 bridgehead atoms. The molecule has 3 aromatic rings. The fraction of sp³-hybridized carbons (Fsp3) is 0.300. The number of rotatable bonds is 9. The fourth-order valence-corrected chi connectivity index (χ4v) is 4.74. The van der Waals surface area contributed by atoms with Gasteiger partial charge in [-0.1, -0.05) is 13.0 Å². The molecule has 0 aliphatic heterocycles. The van der Waals surface area contributed by atoms with Crippen LogP contribution in [0.1, 0.15) is 29.5 Å². The number of benzene rings is 1. The largest absolute Gasteiger partial charge is 0.493 e. The molecule has 0 fully saturated rings. The van der Waals surface area contributed by atoms with Crippen LogP contribution in [0.5, 0.6) is 5.75 Å². The predicted molar refractivity (Wildman–Crippen MR) is 108 cm³/mol. The van der Waals surface area contributed by atoms with E-state index in [1.165, 1.54) is 23.7 Å². The van der Waals surface area contributed by atoms with Gasteiger partial charge in [0.1, 0.15) is 11.5 Å². The molecule has 1 unspecified atom stereocenters. The van der Waals surface area contributed by atoms with Gasteiger partial charge in [-0.3, -0.25) is 0 Å². The van der Waals surface area contributed by atoms with E-state index >= 15 is 0 Å². The topological polar surface area (TPSA) is 88.8 Å². The Balaban J connectivity index is 1.83. The van der Waals surface area contributed by atoms with Gasteiger partial charge in [-0.15, -0.1) is 11.3 Å². The summed E-state index contributed by atoms with van der Waals surface area (Å²) in [5, 5.41) is 13.0. The van der Waals surface area contributed by atoms with Crippen LogP contribution in [0.25, 0.3) is 0 Å². The molecule has 1 aromatic carbocycles. The zero-order valence-corrected chi connectivity index (χ0v) is 17.3. The van der Waals surface area contributed by atoms with Crippen molar-refractivity contribution in [3.8, 4) is 5.75 Å². The molecule has 1 atom stereocenters. The van der Waals surface area contributed by atoms with E-state index in [2.05, 4.69) is 4.72 Å². The summed E-state index contributed by atoms with van der Waals surface area (Å²) in [6.45, 7) is 4.12. The number of hydrogen-bond donors (Lipinski definition) is 2. The van der Waals surface area contributed by atoms with Gasteiger partial charge in [0.2, 0.25) is 10.0 Å². The van der Waals surface area contributed by atoms with Crippen LogP contribution in [0.15, 0.2) is 63.4 Å². The second kappa shape index (κ2) is 8.48. The molecular formula is C20H23NO5S2. The highest BCUT2D eigenvalue weighted by Gasteiger charge is 2.37. The van der Waals surface area contributed by atoms with Crippen molar-refractivity contribution in [2.24, 2.45) is 0 Å². The summed E-state index contributed by atoms with van der Waals surface area (Å²) < 4.78 is 39.1. The Morgan fingerprint density at radius 1 is 1.25 bits per heavy atom. The molecule has 2 heterocycles. The van der Waals surface area contributed by atoms with Crippen molar-refractivity contribution < 1.29 is 22.7 Å². The Kier molecular flexibility index (Phi) is 6.24. The molecule has 0 radical (unpaired) electrons. The maximum absolute atomic E-state index is 12.8. The summed E-state index contributed by atoms with van der Waals surface area (Å²) in [5.41, 5.74) is -0.861. The number of ether oxygens (including phenoxy) is 1. The third-order valence-corrected chi connectivity index (χ3v) is 6.71. The predicted octanol–water partition coefficient (Wildman–Crippen LogP) is 3.65. The zero-order valence-electron chi connectivity index (χ0n) is 15.7. The third kappa shape index (κ3) is 4.30. The minimum Gasteiger partial charge on any atom is -0.493 e. The lowest BCUT2D eigenvalue weighted by Crippen LogP contribution is -2.40. The van der Waals surface area contributed by atoms with E-state index in [0.29, 0.717) is 17.2 Å². The minimum atomic E-state index is -3.84. The first-order chi connectivity index (χ1) is 13.4. The van der Waals surface area contributed by atoms with E-state index in [1.54, 1.807) is 43.3 Å². The Morgan fingerprint density at radius 3 is 2.68 bits per heavy atom. The first kappa shape index (κ1) is 20.6. The minimum absolute atomic E-state index is 0.113. The Bertz CT molecular complexity index is 961. The van der Waals surface area contributed by atoms with Crippen LogP contribution in [-0.4, -0.2) is 26.7 Å². The SMILES string of the molecule is CCCOc1ccc(S(=O)(=O)NCC(O)(c2ccco2)c2cccs2)cc1C. The standard InChI is InChI=1S/C20H23NO5S2/c1-3-10-25-17-9-8-16(13-15(17)2)28(23,24)21-14-20(22,18-6-4-11-26-18)19-7-5-12-27-19/h4-9,11-13,21-22H,3,10,14H2,1-2H3. The van der Waals surface area contributed by atoms with E-state index in [-0.39, 0.29) is 17.2 Å². The Hall–Kier alpha value is -2.13. The molecule has 0 saturated carbocycles. The molecule has 0 aliphatic carbocycles. The van der Waals surface area contributed by atoms with Crippen LogP contribution in [0, 0.1) is 6.92 Å². The number of sulfonamides is 1. The van der Waals surface area contributed by atoms with Gasteiger partial charge in [-0.25, -0.2) is 13.1 Å². The molecule has 150 valence electrons. The van der Waals surface area contributed by atoms with Crippen molar-refractivity contribution in [2.75, 3.05) is 13.2 Å². The van der Waals surface area contributed by atoms with Gasteiger partial charge in [0.25, 0.3) is 0 Å². The summed E-state index contributed by atoms with van der Waals surface area (Å²) in [6.07, 6.45) is 2.32. The molecule has 0 aliphatic rings. The molecule has 0 spiro atoms. The summed E-state index contributed by atoms with van der Waals surface area (Å²) in [5.74, 6) is 0.934. The molecular weight excluding hydrogens is 398 g/mol. The number of aryl methyl sites for hydroxylation is 1. The van der Waals surface area contributed by atoms with Crippen LogP contribution in [0.4, 0.5) is 0 Å². The van der Waals surface area contributed by atoms with Crippen LogP contribution >= 0.6 is 11.3 Å². The van der Waals surface area contributed by atoms with Crippen molar-refractivity contribution in [3.63, 3.8) is 0 Å². The lowest BCUT2D eigenvalue weighted by molar-refractivity contribution is 0.0655. The van der Waals surface area contributed by atoms with E-state index in [4.69, 9.17) is 9.15 Å². The van der Waals surface area contributed by atoms with Gasteiger partial charge >= 0.3 is 0 Å². The lowest BCUT2D eigenvalue weighted by atomic mass is 9.99. The highest BCUT2D eigenvalue weighted by atomic mass is 32.2. The Morgan fingerprint density at radius 2 is 2.07 bits per heavy atom. The first-order valence-corrected chi connectivity index (χ1v) is 11.3. The number of thiophene rings is 1. The van der Waals surface area contributed by atoms with Gasteiger partial charge in [-0.2, -0.15) is 0 Å². The van der Waals surface area contributed by atoms with Crippen molar-refractivity contribution in [1.29, 1.82) is 0 Å². The molecule has 8 heteroatoms. The normalized spacial score (nSPS) is 14.0. The summed E-state index contributed by atoms with van der Waals surface area (Å²) >= 11 is 1.33. The lowest BCUT2D eigenvalue weighted by Gasteiger charge is -2.25. The van der Waals surface area contributed by atoms with Gasteiger partial charge in [0.05, 0.1) is 24.3 Å². The van der Waals surface area contributed by atoms with Crippen molar-refractivity contribution in [1.82, 2.24) is 4.72 Å². The number of furan rings is 1. The van der Waals surface area contributed by atoms with Crippen LogP contribution in [0.2, 0.25) is 0 Å². The molecule has 3 rings (SSSR count). The van der Waals surface area contributed by atoms with Crippen LogP contribution < -0.4 is 9.46 Å². The highest BCUT2D eigenvalue weighted by Crippen LogP contribution is 2.33. The second-order valence-electron chi connectivity index (χ2n) is 6.42. The van der Waals surface area contributed by atoms with Gasteiger partial charge in [0, 0.05) is 4.88 Å². The van der Waals surface area contributed by atoms with E-state index in [9.17, 15) is 13.5 Å². The molecule has 28 heavy (non-hydrogen) atoms. The highest BCUT2D eigenvalue weighted by molar-refractivity contribution is 7.89. The number of nitrogens with one attached hydrogen (secondary N) is 1. The van der Waals surface area contributed by atoms with Gasteiger partial charge in [0.15, 0.2) is 5.60 Å². The van der Waals surface area contributed by atoms with Crippen LogP contribution in [-0.2, 0) is 15.6 Å². The molecule has 6 nitrogen and oxygen atoms in total. The average Bonchev–Trinajstić information content (AvgIpc) is 3.39. The maximum Gasteiger partial charge on any atom is 0.240 e. The van der Waals surface area contributed by atoms with Crippen molar-refractivity contribution in [3.05, 3.63) is 70.3 Å². The Labute approximate surface area is 168 Å². The number of hydrogen-bond acceptors (Lipinski definition) is 6. The van der Waals surface area contributed by atoms with E-state index < -0.39 is 15.6 Å². The number of aliphatic hydroxyl groups is 1. The summed E-state index contributed by atoms with van der Waals surface area (Å²) in [4.78, 5) is 0.700.